The van der Waals surface area contributed by atoms with Crippen LogP contribution in [0.1, 0.15) is 30.5 Å². The Bertz CT molecular complexity index is 719. The minimum absolute atomic E-state index is 0.0905. The lowest BCUT2D eigenvalue weighted by Crippen LogP contribution is -2.23. The van der Waals surface area contributed by atoms with E-state index in [2.05, 4.69) is 22.5 Å². The Labute approximate surface area is 136 Å². The summed E-state index contributed by atoms with van der Waals surface area (Å²) < 4.78 is 0. The molecule has 1 aromatic carbocycles. The normalized spacial score (nSPS) is 17.3. The molecule has 1 amide bonds. The van der Waals surface area contributed by atoms with Crippen molar-refractivity contribution in [3.63, 3.8) is 0 Å². The van der Waals surface area contributed by atoms with E-state index in [4.69, 9.17) is 0 Å². The zero-order valence-electron chi connectivity index (χ0n) is 13.0. The Morgan fingerprint density at radius 2 is 2.09 bits per heavy atom. The van der Waals surface area contributed by atoms with Gasteiger partial charge in [0.2, 0.25) is 5.91 Å². The van der Waals surface area contributed by atoms with Crippen LogP contribution in [0.5, 0.6) is 0 Å². The second-order valence-corrected chi connectivity index (χ2v) is 5.68. The van der Waals surface area contributed by atoms with Gasteiger partial charge >= 0.3 is 0 Å². The summed E-state index contributed by atoms with van der Waals surface area (Å²) in [6.45, 7) is 0. The lowest BCUT2D eigenvalue weighted by molar-refractivity contribution is -0.120. The van der Waals surface area contributed by atoms with Crippen molar-refractivity contribution in [1.82, 2.24) is 4.98 Å². The van der Waals surface area contributed by atoms with E-state index in [1.165, 1.54) is 0 Å². The first kappa shape index (κ1) is 15.2. The number of pyridine rings is 1. The molecular formula is C20H20N2O. The van der Waals surface area contributed by atoms with Gasteiger partial charge in [-0.3, -0.25) is 9.78 Å². The minimum Gasteiger partial charge on any atom is -0.326 e. The van der Waals surface area contributed by atoms with Crippen LogP contribution < -0.4 is 5.32 Å². The van der Waals surface area contributed by atoms with Crippen molar-refractivity contribution < 1.29 is 4.79 Å². The Kier molecular flexibility index (Phi) is 4.99. The molecule has 1 N–H and O–H groups in total. The molecule has 0 spiro atoms. The number of carbonyl (C=O) groups excluding carboxylic acids is 1. The molecule has 3 heteroatoms. The predicted octanol–water partition coefficient (Wildman–Crippen LogP) is 4.55. The quantitative estimate of drug-likeness (QED) is 0.842. The highest BCUT2D eigenvalue weighted by Crippen LogP contribution is 2.21. The summed E-state index contributed by atoms with van der Waals surface area (Å²) in [6.07, 6.45) is 12.7. The van der Waals surface area contributed by atoms with Crippen LogP contribution in [-0.4, -0.2) is 10.9 Å². The van der Waals surface area contributed by atoms with Crippen LogP contribution in [0, 0.1) is 5.92 Å². The average molecular weight is 304 g/mol. The summed E-state index contributed by atoms with van der Waals surface area (Å²) in [5.41, 5.74) is 2.79. The van der Waals surface area contributed by atoms with Crippen LogP contribution in [0.2, 0.25) is 0 Å². The SMILES string of the molecule is O=C(Nc1cccc(/C=C/c2ccccn2)c1)C1CC=CCC1. The smallest absolute Gasteiger partial charge is 0.227 e. The summed E-state index contributed by atoms with van der Waals surface area (Å²) in [7, 11) is 0. The van der Waals surface area contributed by atoms with Gasteiger partial charge in [-0.05, 0) is 55.2 Å². The fraction of sp³-hybridized carbons (Fsp3) is 0.200. The molecule has 3 rings (SSSR count). The number of benzene rings is 1. The van der Waals surface area contributed by atoms with Gasteiger partial charge in [0, 0.05) is 17.8 Å². The van der Waals surface area contributed by atoms with E-state index in [1.54, 1.807) is 6.20 Å². The maximum atomic E-state index is 12.3. The molecule has 1 aromatic heterocycles. The summed E-state index contributed by atoms with van der Waals surface area (Å²) >= 11 is 0. The molecule has 1 aliphatic rings. The van der Waals surface area contributed by atoms with Crippen molar-refractivity contribution in [3.8, 4) is 0 Å². The van der Waals surface area contributed by atoms with Crippen LogP contribution >= 0.6 is 0 Å². The molecule has 0 saturated heterocycles. The number of nitrogens with zero attached hydrogens (tertiary/aromatic N) is 1. The van der Waals surface area contributed by atoms with Gasteiger partial charge in [0.25, 0.3) is 0 Å². The molecule has 116 valence electrons. The molecule has 0 bridgehead atoms. The van der Waals surface area contributed by atoms with Crippen LogP contribution in [-0.2, 0) is 4.79 Å². The van der Waals surface area contributed by atoms with Crippen LogP contribution in [0.3, 0.4) is 0 Å². The summed E-state index contributed by atoms with van der Waals surface area (Å²) in [5.74, 6) is 0.202. The highest BCUT2D eigenvalue weighted by molar-refractivity contribution is 5.93. The maximum Gasteiger partial charge on any atom is 0.227 e. The van der Waals surface area contributed by atoms with E-state index >= 15 is 0 Å². The third-order valence-electron chi connectivity index (χ3n) is 3.93. The number of allylic oxidation sites excluding steroid dienone is 2. The van der Waals surface area contributed by atoms with Crippen molar-refractivity contribution in [2.75, 3.05) is 5.32 Å². The highest BCUT2D eigenvalue weighted by atomic mass is 16.1. The van der Waals surface area contributed by atoms with Crippen molar-refractivity contribution in [2.24, 2.45) is 5.92 Å². The minimum atomic E-state index is 0.0905. The number of anilines is 1. The largest absolute Gasteiger partial charge is 0.326 e. The molecule has 3 nitrogen and oxygen atoms in total. The maximum absolute atomic E-state index is 12.3. The van der Waals surface area contributed by atoms with Gasteiger partial charge in [0.15, 0.2) is 0 Å². The first-order chi connectivity index (χ1) is 11.3. The summed E-state index contributed by atoms with van der Waals surface area (Å²) in [4.78, 5) is 16.5. The van der Waals surface area contributed by atoms with E-state index in [9.17, 15) is 4.79 Å². The molecule has 23 heavy (non-hydrogen) atoms. The van der Waals surface area contributed by atoms with E-state index < -0.39 is 0 Å². The van der Waals surface area contributed by atoms with Gasteiger partial charge in [-0.2, -0.15) is 0 Å². The Balaban J connectivity index is 1.66. The summed E-state index contributed by atoms with van der Waals surface area (Å²) in [6, 6.07) is 13.7. The number of hydrogen-bond acceptors (Lipinski definition) is 2. The van der Waals surface area contributed by atoms with Gasteiger partial charge in [-0.15, -0.1) is 0 Å². The topological polar surface area (TPSA) is 42.0 Å². The third-order valence-corrected chi connectivity index (χ3v) is 3.93. The average Bonchev–Trinajstić information content (AvgIpc) is 2.62. The van der Waals surface area contributed by atoms with Crippen LogP contribution in [0.15, 0.2) is 60.8 Å². The third kappa shape index (κ3) is 4.39. The molecule has 0 radical (unpaired) electrons. The molecule has 0 saturated carbocycles. The van der Waals surface area contributed by atoms with Gasteiger partial charge in [0.05, 0.1) is 5.69 Å². The lowest BCUT2D eigenvalue weighted by atomic mass is 9.93. The first-order valence-corrected chi connectivity index (χ1v) is 7.96. The van der Waals surface area contributed by atoms with Gasteiger partial charge in [0.1, 0.15) is 0 Å². The van der Waals surface area contributed by atoms with Crippen LogP contribution in [0.25, 0.3) is 12.2 Å². The molecule has 0 fully saturated rings. The van der Waals surface area contributed by atoms with E-state index in [-0.39, 0.29) is 11.8 Å². The van der Waals surface area contributed by atoms with Crippen LogP contribution in [0.4, 0.5) is 5.69 Å². The molecule has 0 aliphatic heterocycles. The zero-order valence-corrected chi connectivity index (χ0v) is 13.0. The van der Waals surface area contributed by atoms with Gasteiger partial charge in [-0.1, -0.05) is 36.4 Å². The Morgan fingerprint density at radius 1 is 1.13 bits per heavy atom. The summed E-state index contributed by atoms with van der Waals surface area (Å²) in [5, 5.41) is 3.03. The van der Waals surface area contributed by atoms with Gasteiger partial charge in [-0.25, -0.2) is 0 Å². The highest BCUT2D eigenvalue weighted by Gasteiger charge is 2.18. The fourth-order valence-electron chi connectivity index (χ4n) is 2.65. The Morgan fingerprint density at radius 3 is 2.87 bits per heavy atom. The van der Waals surface area contributed by atoms with E-state index in [0.29, 0.717) is 0 Å². The molecule has 2 aromatic rings. The van der Waals surface area contributed by atoms with Crippen molar-refractivity contribution in [1.29, 1.82) is 0 Å². The second kappa shape index (κ2) is 7.54. The molecule has 1 aliphatic carbocycles. The van der Waals surface area contributed by atoms with E-state index in [1.807, 2.05) is 54.6 Å². The number of hydrogen-bond donors (Lipinski definition) is 1. The van der Waals surface area contributed by atoms with Crippen molar-refractivity contribution in [3.05, 3.63) is 72.1 Å². The first-order valence-electron chi connectivity index (χ1n) is 7.96. The number of carbonyl (C=O) groups is 1. The van der Waals surface area contributed by atoms with Crippen molar-refractivity contribution >= 4 is 23.7 Å². The van der Waals surface area contributed by atoms with Crippen molar-refractivity contribution in [2.45, 2.75) is 19.3 Å². The number of amides is 1. The number of rotatable bonds is 4. The van der Waals surface area contributed by atoms with Gasteiger partial charge < -0.3 is 5.32 Å². The van der Waals surface area contributed by atoms with E-state index in [0.717, 1.165) is 36.2 Å². The second-order valence-electron chi connectivity index (χ2n) is 5.68. The number of aromatic nitrogens is 1. The fourth-order valence-corrected chi connectivity index (χ4v) is 2.65. The zero-order chi connectivity index (χ0) is 15.9. The predicted molar refractivity (Wildman–Crippen MR) is 94.7 cm³/mol. The molecule has 1 heterocycles. The molecule has 1 atom stereocenters. The lowest BCUT2D eigenvalue weighted by Gasteiger charge is -2.17. The number of nitrogens with one attached hydrogen (secondary N) is 1. The Hall–Kier alpha value is -2.68. The standard InChI is InChI=1S/C20H20N2O/c23-20(17-8-2-1-3-9-17)22-19-11-6-7-16(15-19)12-13-18-10-4-5-14-21-18/h1-2,4-7,10-15,17H,3,8-9H2,(H,22,23)/b13-12+. The molecule has 1 unspecified atom stereocenters. The molecular weight excluding hydrogens is 284 g/mol. The monoisotopic (exact) mass is 304 g/mol.